The summed E-state index contributed by atoms with van der Waals surface area (Å²) in [6, 6.07) is 6.35. The van der Waals surface area contributed by atoms with Crippen molar-refractivity contribution in [3.8, 4) is 5.75 Å². The summed E-state index contributed by atoms with van der Waals surface area (Å²) in [5, 5.41) is 9.84. The van der Waals surface area contributed by atoms with Gasteiger partial charge in [-0.3, -0.25) is 4.99 Å². The number of phenols is 1. The Morgan fingerprint density at radius 3 is 2.81 bits per heavy atom. The normalized spacial score (nSPS) is 31.9. The van der Waals surface area contributed by atoms with Gasteiger partial charge in [-0.05, 0) is 43.2 Å². The number of rotatable bonds is 2. The topological polar surface area (TPSA) is 32.6 Å². The summed E-state index contributed by atoms with van der Waals surface area (Å²) >= 11 is 0. The highest BCUT2D eigenvalue weighted by molar-refractivity contribution is 5.84. The number of nitrogens with zero attached hydrogens (tertiary/aromatic N) is 1. The zero-order chi connectivity index (χ0) is 11.1. The van der Waals surface area contributed by atoms with Crippen LogP contribution in [0.1, 0.15) is 30.4 Å². The zero-order valence-corrected chi connectivity index (χ0v) is 9.56. The summed E-state index contributed by atoms with van der Waals surface area (Å²) in [5.74, 6) is 2.07. The Labute approximate surface area is 96.0 Å². The first kappa shape index (κ1) is 9.88. The van der Waals surface area contributed by atoms with Gasteiger partial charge in [0.15, 0.2) is 0 Å². The number of aryl methyl sites for hydroxylation is 1. The first-order valence-electron chi connectivity index (χ1n) is 6.09. The van der Waals surface area contributed by atoms with Crippen molar-refractivity contribution in [2.75, 3.05) is 0 Å². The van der Waals surface area contributed by atoms with Crippen molar-refractivity contribution >= 4 is 6.21 Å². The fourth-order valence-corrected chi connectivity index (χ4v) is 2.96. The Bertz CT molecular complexity index is 428. The van der Waals surface area contributed by atoms with Gasteiger partial charge in [-0.1, -0.05) is 18.6 Å². The van der Waals surface area contributed by atoms with E-state index in [-0.39, 0.29) is 0 Å². The minimum Gasteiger partial charge on any atom is -0.507 e. The molecular formula is C14H17NO. The van der Waals surface area contributed by atoms with E-state index in [1.54, 1.807) is 0 Å². The predicted octanol–water partition coefficient (Wildman–Crippen LogP) is 2.92. The van der Waals surface area contributed by atoms with Gasteiger partial charge in [0.05, 0.1) is 6.04 Å². The molecule has 1 aromatic rings. The van der Waals surface area contributed by atoms with Gasteiger partial charge in [0.1, 0.15) is 5.75 Å². The minimum atomic E-state index is 0.372. The summed E-state index contributed by atoms with van der Waals surface area (Å²) in [4.78, 5) is 4.61. The second-order valence-electron chi connectivity index (χ2n) is 5.04. The van der Waals surface area contributed by atoms with Crippen LogP contribution < -0.4 is 0 Å². The largest absolute Gasteiger partial charge is 0.507 e. The molecule has 84 valence electrons. The highest BCUT2D eigenvalue weighted by atomic mass is 16.3. The molecule has 2 nitrogen and oxygen atoms in total. The van der Waals surface area contributed by atoms with Gasteiger partial charge in [-0.25, -0.2) is 0 Å². The lowest BCUT2D eigenvalue weighted by Gasteiger charge is -2.02. The summed E-state index contributed by atoms with van der Waals surface area (Å²) in [6.45, 7) is 1.92. The first-order valence-corrected chi connectivity index (χ1v) is 6.09. The van der Waals surface area contributed by atoms with E-state index in [1.807, 2.05) is 31.3 Å². The number of fused-ring (bicyclic) bond motifs is 1. The maximum atomic E-state index is 9.84. The molecule has 2 aliphatic carbocycles. The highest BCUT2D eigenvalue weighted by Gasteiger charge is 2.52. The molecule has 2 unspecified atom stereocenters. The lowest BCUT2D eigenvalue weighted by Crippen LogP contribution is -1.92. The summed E-state index contributed by atoms with van der Waals surface area (Å²) in [6.07, 6.45) is 5.95. The third-order valence-electron chi connectivity index (χ3n) is 4.02. The van der Waals surface area contributed by atoms with Crippen molar-refractivity contribution in [2.45, 2.75) is 32.2 Å². The molecule has 0 spiro atoms. The van der Waals surface area contributed by atoms with Crippen molar-refractivity contribution in [1.29, 1.82) is 0 Å². The maximum absolute atomic E-state index is 9.84. The van der Waals surface area contributed by atoms with Crippen LogP contribution >= 0.6 is 0 Å². The lowest BCUT2D eigenvalue weighted by atomic mass is 10.1. The SMILES string of the molecule is Cc1cccc(C=NC2C3CCCC32)c1O. The van der Waals surface area contributed by atoms with Gasteiger partial charge in [0.2, 0.25) is 0 Å². The average molecular weight is 215 g/mol. The van der Waals surface area contributed by atoms with Crippen LogP contribution in [0.25, 0.3) is 0 Å². The van der Waals surface area contributed by atoms with Crippen LogP contribution in [0.4, 0.5) is 0 Å². The Morgan fingerprint density at radius 2 is 2.06 bits per heavy atom. The van der Waals surface area contributed by atoms with Crippen LogP contribution in [0.5, 0.6) is 5.75 Å². The Morgan fingerprint density at radius 1 is 1.31 bits per heavy atom. The fourth-order valence-electron chi connectivity index (χ4n) is 2.96. The molecule has 3 rings (SSSR count). The van der Waals surface area contributed by atoms with Crippen LogP contribution in [0.2, 0.25) is 0 Å². The second kappa shape index (κ2) is 3.62. The third kappa shape index (κ3) is 1.53. The third-order valence-corrected chi connectivity index (χ3v) is 4.02. The van der Waals surface area contributed by atoms with E-state index in [0.717, 1.165) is 23.0 Å². The second-order valence-corrected chi connectivity index (χ2v) is 5.04. The van der Waals surface area contributed by atoms with Crippen LogP contribution in [0, 0.1) is 18.8 Å². The fraction of sp³-hybridized carbons (Fsp3) is 0.500. The van der Waals surface area contributed by atoms with Gasteiger partial charge >= 0.3 is 0 Å². The highest BCUT2D eigenvalue weighted by Crippen LogP contribution is 2.53. The van der Waals surface area contributed by atoms with E-state index in [2.05, 4.69) is 4.99 Å². The van der Waals surface area contributed by atoms with Gasteiger partial charge in [-0.2, -0.15) is 0 Å². The number of para-hydroxylation sites is 1. The molecule has 2 atom stereocenters. The van der Waals surface area contributed by atoms with Crippen LogP contribution in [-0.4, -0.2) is 17.4 Å². The molecule has 16 heavy (non-hydrogen) atoms. The number of phenolic OH excluding ortho intramolecular Hbond substituents is 1. The molecular weight excluding hydrogens is 198 g/mol. The zero-order valence-electron chi connectivity index (χ0n) is 9.56. The summed E-state index contributed by atoms with van der Waals surface area (Å²) < 4.78 is 0. The standard InChI is InChI=1S/C14H17NO/c1-9-4-2-5-10(14(9)16)8-15-13-11-6-3-7-12(11)13/h2,4-5,8,11-13,16H,3,6-7H2,1H3. The van der Waals surface area contributed by atoms with E-state index >= 15 is 0 Å². The number of hydrogen-bond acceptors (Lipinski definition) is 2. The lowest BCUT2D eigenvalue weighted by molar-refractivity contribution is 0.470. The van der Waals surface area contributed by atoms with E-state index in [4.69, 9.17) is 0 Å². The van der Waals surface area contributed by atoms with Crippen LogP contribution in [0.3, 0.4) is 0 Å². The molecule has 2 aliphatic rings. The quantitative estimate of drug-likeness (QED) is 0.756. The van der Waals surface area contributed by atoms with Crippen molar-refractivity contribution in [3.63, 3.8) is 0 Å². The Balaban J connectivity index is 1.75. The maximum Gasteiger partial charge on any atom is 0.127 e. The van der Waals surface area contributed by atoms with Crippen molar-refractivity contribution in [2.24, 2.45) is 16.8 Å². The summed E-state index contributed by atoms with van der Waals surface area (Å²) in [5.41, 5.74) is 1.77. The molecule has 0 heterocycles. The molecule has 0 radical (unpaired) electrons. The molecule has 0 bridgehead atoms. The van der Waals surface area contributed by atoms with Gasteiger partial charge in [-0.15, -0.1) is 0 Å². The number of hydrogen-bond donors (Lipinski definition) is 1. The van der Waals surface area contributed by atoms with Crippen LogP contribution in [-0.2, 0) is 0 Å². The molecule has 0 aromatic heterocycles. The number of benzene rings is 1. The van der Waals surface area contributed by atoms with Gasteiger partial charge in [0.25, 0.3) is 0 Å². The minimum absolute atomic E-state index is 0.372. The monoisotopic (exact) mass is 215 g/mol. The molecule has 1 aromatic carbocycles. The first-order chi connectivity index (χ1) is 7.77. The van der Waals surface area contributed by atoms with Gasteiger partial charge in [0, 0.05) is 11.8 Å². The number of aliphatic imine (C=N–C) groups is 1. The average Bonchev–Trinajstić information content (AvgIpc) is 2.73. The Hall–Kier alpha value is -1.31. The van der Waals surface area contributed by atoms with E-state index in [1.165, 1.54) is 19.3 Å². The van der Waals surface area contributed by atoms with E-state index < -0.39 is 0 Å². The predicted molar refractivity (Wildman–Crippen MR) is 65.1 cm³/mol. The molecule has 2 saturated carbocycles. The molecule has 2 heteroatoms. The summed E-state index contributed by atoms with van der Waals surface area (Å²) in [7, 11) is 0. The molecule has 0 saturated heterocycles. The van der Waals surface area contributed by atoms with Crippen molar-refractivity contribution in [3.05, 3.63) is 29.3 Å². The molecule has 1 N–H and O–H groups in total. The smallest absolute Gasteiger partial charge is 0.127 e. The van der Waals surface area contributed by atoms with E-state index in [9.17, 15) is 5.11 Å². The molecule has 0 aliphatic heterocycles. The molecule has 2 fully saturated rings. The van der Waals surface area contributed by atoms with Crippen LogP contribution in [0.15, 0.2) is 23.2 Å². The number of aromatic hydroxyl groups is 1. The van der Waals surface area contributed by atoms with Crippen molar-refractivity contribution in [1.82, 2.24) is 0 Å². The van der Waals surface area contributed by atoms with Gasteiger partial charge < -0.3 is 5.11 Å². The Kier molecular flexibility index (Phi) is 2.23. The van der Waals surface area contributed by atoms with Crippen molar-refractivity contribution < 1.29 is 5.11 Å². The van der Waals surface area contributed by atoms with E-state index in [0.29, 0.717) is 11.8 Å². The molecule has 0 amide bonds.